The van der Waals surface area contributed by atoms with Gasteiger partial charge in [0.25, 0.3) is 0 Å². The van der Waals surface area contributed by atoms with Crippen molar-refractivity contribution in [1.82, 2.24) is 4.98 Å². The molecule has 0 radical (unpaired) electrons. The van der Waals surface area contributed by atoms with Crippen molar-refractivity contribution >= 4 is 12.4 Å². The second-order valence-electron chi connectivity index (χ2n) is 3.24. The fraction of sp³-hybridized carbons (Fsp3) is 0.545. The number of hydrogen-bond acceptors (Lipinski definition) is 2. The van der Waals surface area contributed by atoms with Crippen LogP contribution in [0.25, 0.3) is 0 Å². The molecule has 0 saturated heterocycles. The van der Waals surface area contributed by atoms with Crippen LogP contribution in [0.2, 0.25) is 0 Å². The van der Waals surface area contributed by atoms with Crippen LogP contribution < -0.4 is 0 Å². The first-order chi connectivity index (χ1) is 6.43. The molecule has 0 aliphatic heterocycles. The quantitative estimate of drug-likeness (QED) is 0.740. The Morgan fingerprint density at radius 1 is 1.00 bits per heavy atom. The van der Waals surface area contributed by atoms with Crippen molar-refractivity contribution in [3.05, 3.63) is 30.1 Å². The van der Waals surface area contributed by atoms with Crippen LogP contribution in [-0.4, -0.2) is 16.7 Å². The topological polar surface area (TPSA) is 33.1 Å². The first kappa shape index (κ1) is 13.4. The number of nitrogens with zero attached hydrogens (tertiary/aromatic N) is 1. The summed E-state index contributed by atoms with van der Waals surface area (Å²) in [7, 11) is 0. The van der Waals surface area contributed by atoms with Gasteiger partial charge in [-0.2, -0.15) is 0 Å². The SMILES string of the molecule is Cl.OCCCCCCc1ccncc1. The van der Waals surface area contributed by atoms with Gasteiger partial charge in [0, 0.05) is 19.0 Å². The average Bonchev–Trinajstić information content (AvgIpc) is 2.19. The van der Waals surface area contributed by atoms with Crippen LogP contribution in [0.15, 0.2) is 24.5 Å². The smallest absolute Gasteiger partial charge is 0.0431 e. The van der Waals surface area contributed by atoms with E-state index in [0.717, 1.165) is 19.3 Å². The normalized spacial score (nSPS) is 9.50. The Morgan fingerprint density at radius 2 is 1.64 bits per heavy atom. The average molecular weight is 216 g/mol. The monoisotopic (exact) mass is 215 g/mol. The zero-order valence-corrected chi connectivity index (χ0v) is 9.17. The van der Waals surface area contributed by atoms with Crippen LogP contribution in [0.3, 0.4) is 0 Å². The lowest BCUT2D eigenvalue weighted by molar-refractivity contribution is 0.282. The van der Waals surface area contributed by atoms with Crippen LogP contribution >= 0.6 is 12.4 Å². The lowest BCUT2D eigenvalue weighted by Crippen LogP contribution is -1.87. The molecule has 0 saturated carbocycles. The second-order valence-corrected chi connectivity index (χ2v) is 3.24. The van der Waals surface area contributed by atoms with E-state index >= 15 is 0 Å². The highest BCUT2D eigenvalue weighted by molar-refractivity contribution is 5.85. The molecule has 0 aliphatic carbocycles. The van der Waals surface area contributed by atoms with E-state index in [-0.39, 0.29) is 12.4 Å². The lowest BCUT2D eigenvalue weighted by atomic mass is 10.1. The number of aromatic nitrogens is 1. The van der Waals surface area contributed by atoms with Crippen molar-refractivity contribution in [1.29, 1.82) is 0 Å². The van der Waals surface area contributed by atoms with Gasteiger partial charge >= 0.3 is 0 Å². The van der Waals surface area contributed by atoms with E-state index in [1.54, 1.807) is 0 Å². The minimum atomic E-state index is 0. The van der Waals surface area contributed by atoms with E-state index in [4.69, 9.17) is 5.11 Å². The highest BCUT2D eigenvalue weighted by Gasteiger charge is 1.92. The molecular weight excluding hydrogens is 198 g/mol. The van der Waals surface area contributed by atoms with E-state index in [1.165, 1.54) is 18.4 Å². The molecule has 1 N–H and O–H groups in total. The van der Waals surface area contributed by atoms with Crippen molar-refractivity contribution in [3.8, 4) is 0 Å². The first-order valence-electron chi connectivity index (χ1n) is 4.93. The van der Waals surface area contributed by atoms with Crippen LogP contribution in [0.5, 0.6) is 0 Å². The van der Waals surface area contributed by atoms with Gasteiger partial charge in [-0.15, -0.1) is 12.4 Å². The first-order valence-corrected chi connectivity index (χ1v) is 4.93. The minimum absolute atomic E-state index is 0. The molecule has 0 bridgehead atoms. The summed E-state index contributed by atoms with van der Waals surface area (Å²) in [5, 5.41) is 8.57. The van der Waals surface area contributed by atoms with Gasteiger partial charge in [-0.05, 0) is 37.0 Å². The molecule has 14 heavy (non-hydrogen) atoms. The maximum Gasteiger partial charge on any atom is 0.0431 e. The van der Waals surface area contributed by atoms with Crippen LogP contribution in [0.1, 0.15) is 31.2 Å². The van der Waals surface area contributed by atoms with E-state index in [9.17, 15) is 0 Å². The van der Waals surface area contributed by atoms with Gasteiger partial charge in [0.05, 0.1) is 0 Å². The number of aliphatic hydroxyl groups excluding tert-OH is 1. The molecule has 1 aromatic heterocycles. The van der Waals surface area contributed by atoms with E-state index in [0.29, 0.717) is 6.61 Å². The predicted octanol–water partition coefficient (Wildman–Crippen LogP) is 2.60. The van der Waals surface area contributed by atoms with Crippen LogP contribution in [-0.2, 0) is 6.42 Å². The standard InChI is InChI=1S/C11H17NO.ClH/c13-10-4-2-1-3-5-11-6-8-12-9-7-11;/h6-9,13H,1-5,10H2;1H. The summed E-state index contributed by atoms with van der Waals surface area (Å²) in [6.07, 6.45) is 9.31. The Labute approximate surface area is 91.8 Å². The number of aliphatic hydroxyl groups is 1. The predicted molar refractivity (Wildman–Crippen MR) is 60.7 cm³/mol. The summed E-state index contributed by atoms with van der Waals surface area (Å²) in [4.78, 5) is 3.97. The van der Waals surface area contributed by atoms with Crippen LogP contribution in [0, 0.1) is 0 Å². The molecule has 0 unspecified atom stereocenters. The third kappa shape index (κ3) is 5.95. The minimum Gasteiger partial charge on any atom is -0.396 e. The van der Waals surface area contributed by atoms with Crippen molar-refractivity contribution < 1.29 is 5.11 Å². The van der Waals surface area contributed by atoms with E-state index in [2.05, 4.69) is 17.1 Å². The molecule has 3 heteroatoms. The van der Waals surface area contributed by atoms with Gasteiger partial charge in [0.15, 0.2) is 0 Å². The molecule has 0 fully saturated rings. The Morgan fingerprint density at radius 3 is 2.29 bits per heavy atom. The number of aryl methyl sites for hydroxylation is 1. The van der Waals surface area contributed by atoms with Crippen molar-refractivity contribution in [2.24, 2.45) is 0 Å². The Bertz CT molecular complexity index is 216. The van der Waals surface area contributed by atoms with E-state index in [1.807, 2.05) is 12.4 Å². The number of halogens is 1. The number of rotatable bonds is 6. The maximum atomic E-state index is 8.57. The summed E-state index contributed by atoms with van der Waals surface area (Å²) in [5.41, 5.74) is 1.36. The molecule has 0 aliphatic rings. The second kappa shape index (κ2) is 8.97. The molecule has 0 atom stereocenters. The third-order valence-corrected chi connectivity index (χ3v) is 2.12. The highest BCUT2D eigenvalue weighted by atomic mass is 35.5. The summed E-state index contributed by atoms with van der Waals surface area (Å²) in [5.74, 6) is 0. The van der Waals surface area contributed by atoms with Crippen LogP contribution in [0.4, 0.5) is 0 Å². The van der Waals surface area contributed by atoms with Gasteiger partial charge in [-0.3, -0.25) is 4.98 Å². The Hall–Kier alpha value is -0.600. The largest absolute Gasteiger partial charge is 0.396 e. The third-order valence-electron chi connectivity index (χ3n) is 2.12. The highest BCUT2D eigenvalue weighted by Crippen LogP contribution is 2.06. The summed E-state index contributed by atoms with van der Waals surface area (Å²) < 4.78 is 0. The molecule has 0 amide bonds. The number of pyridine rings is 1. The molecular formula is C11H18ClNO. The van der Waals surface area contributed by atoms with E-state index < -0.39 is 0 Å². The fourth-order valence-electron chi connectivity index (χ4n) is 1.34. The lowest BCUT2D eigenvalue weighted by Gasteiger charge is -2.00. The Balaban J connectivity index is 0.00000169. The van der Waals surface area contributed by atoms with Gasteiger partial charge < -0.3 is 5.11 Å². The van der Waals surface area contributed by atoms with Gasteiger partial charge in [-0.1, -0.05) is 12.8 Å². The summed E-state index contributed by atoms with van der Waals surface area (Å²) in [6, 6.07) is 4.12. The maximum absolute atomic E-state index is 8.57. The molecule has 0 spiro atoms. The molecule has 0 aromatic carbocycles. The molecule has 1 aromatic rings. The van der Waals surface area contributed by atoms with Crippen molar-refractivity contribution in [2.45, 2.75) is 32.1 Å². The van der Waals surface area contributed by atoms with Crippen molar-refractivity contribution in [3.63, 3.8) is 0 Å². The van der Waals surface area contributed by atoms with Gasteiger partial charge in [0.2, 0.25) is 0 Å². The van der Waals surface area contributed by atoms with Crippen molar-refractivity contribution in [2.75, 3.05) is 6.61 Å². The van der Waals surface area contributed by atoms with Gasteiger partial charge in [-0.25, -0.2) is 0 Å². The molecule has 1 rings (SSSR count). The molecule has 2 nitrogen and oxygen atoms in total. The van der Waals surface area contributed by atoms with Gasteiger partial charge in [0.1, 0.15) is 0 Å². The molecule has 1 heterocycles. The summed E-state index contributed by atoms with van der Waals surface area (Å²) >= 11 is 0. The fourth-order valence-corrected chi connectivity index (χ4v) is 1.34. The zero-order chi connectivity index (χ0) is 9.36. The summed E-state index contributed by atoms with van der Waals surface area (Å²) in [6.45, 7) is 0.329. The zero-order valence-electron chi connectivity index (χ0n) is 8.35. The Kier molecular flexibility index (Phi) is 8.59. The number of hydrogen-bond donors (Lipinski definition) is 1. The number of unbranched alkanes of at least 4 members (excludes halogenated alkanes) is 3. The molecule has 80 valence electrons.